The normalized spacial score (nSPS) is 18.0. The fourth-order valence-corrected chi connectivity index (χ4v) is 4.90. The van der Waals surface area contributed by atoms with Crippen LogP contribution in [-0.4, -0.2) is 36.0 Å². The molecule has 156 valence electrons. The molecule has 0 saturated carbocycles. The van der Waals surface area contributed by atoms with Crippen molar-refractivity contribution >= 4 is 17.2 Å². The van der Waals surface area contributed by atoms with E-state index in [2.05, 4.69) is 27.3 Å². The smallest absolute Gasteiger partial charge is 0.251 e. The highest BCUT2D eigenvalue weighted by molar-refractivity contribution is 7.09. The van der Waals surface area contributed by atoms with Crippen LogP contribution in [0.15, 0.2) is 66.2 Å². The maximum absolute atomic E-state index is 12.9. The minimum Gasteiger partial charge on any atom is -0.497 e. The first-order chi connectivity index (χ1) is 14.7. The van der Waals surface area contributed by atoms with Gasteiger partial charge >= 0.3 is 0 Å². The largest absolute Gasteiger partial charge is 0.497 e. The Balaban J connectivity index is 1.48. The molecule has 0 aliphatic carbocycles. The quantitative estimate of drug-likeness (QED) is 0.609. The van der Waals surface area contributed by atoms with Crippen molar-refractivity contribution in [3.05, 3.63) is 82.3 Å². The highest BCUT2D eigenvalue weighted by atomic mass is 32.1. The Labute approximate surface area is 181 Å². The second kappa shape index (κ2) is 9.87. The number of likely N-dealkylation sites (tertiary alicyclic amines) is 1. The van der Waals surface area contributed by atoms with Crippen molar-refractivity contribution < 1.29 is 9.53 Å². The van der Waals surface area contributed by atoms with Crippen LogP contribution in [0.3, 0.4) is 0 Å². The molecular weight excluding hydrogens is 394 g/mol. The fraction of sp³-hybridized carbons (Fsp3) is 0.333. The molecule has 1 N–H and O–H groups in total. The molecular formula is C24H27N3O2S. The van der Waals surface area contributed by atoms with E-state index in [1.165, 1.54) is 5.56 Å². The van der Waals surface area contributed by atoms with Crippen molar-refractivity contribution in [3.63, 3.8) is 0 Å². The van der Waals surface area contributed by atoms with Gasteiger partial charge in [-0.25, -0.2) is 4.98 Å². The van der Waals surface area contributed by atoms with Crippen LogP contribution < -0.4 is 10.1 Å². The van der Waals surface area contributed by atoms with Gasteiger partial charge in [-0.05, 0) is 55.1 Å². The maximum atomic E-state index is 12.9. The molecule has 0 unspecified atom stereocenters. The first-order valence-corrected chi connectivity index (χ1v) is 11.2. The molecule has 0 bridgehead atoms. The van der Waals surface area contributed by atoms with Crippen LogP contribution in [0, 0.1) is 5.92 Å². The lowest BCUT2D eigenvalue weighted by Gasteiger charge is -2.36. The fourth-order valence-electron chi connectivity index (χ4n) is 4.12. The zero-order chi connectivity index (χ0) is 20.8. The molecule has 2 atom stereocenters. The molecule has 0 spiro atoms. The van der Waals surface area contributed by atoms with E-state index < -0.39 is 0 Å². The molecule has 2 aromatic carbocycles. The van der Waals surface area contributed by atoms with Crippen molar-refractivity contribution in [3.8, 4) is 5.75 Å². The van der Waals surface area contributed by atoms with Crippen LogP contribution in [-0.2, 0) is 6.54 Å². The molecule has 2 heterocycles. The molecule has 30 heavy (non-hydrogen) atoms. The van der Waals surface area contributed by atoms with Crippen molar-refractivity contribution in [1.29, 1.82) is 0 Å². The van der Waals surface area contributed by atoms with Crippen LogP contribution >= 0.6 is 11.3 Å². The number of thiazole rings is 1. The summed E-state index contributed by atoms with van der Waals surface area (Å²) in [6.07, 6.45) is 4.00. The SMILES string of the molecule is COc1cccc(CN2CCC[C@@H]([C@@H](NC(=O)c3ccccc3)c3nccs3)C2)c1. The van der Waals surface area contributed by atoms with E-state index in [-0.39, 0.29) is 11.9 Å². The monoisotopic (exact) mass is 421 g/mol. The first-order valence-electron chi connectivity index (χ1n) is 10.3. The zero-order valence-electron chi connectivity index (χ0n) is 17.2. The Hall–Kier alpha value is -2.70. The number of carbonyl (C=O) groups excluding carboxylic acids is 1. The number of nitrogens with zero attached hydrogens (tertiary/aromatic N) is 2. The van der Waals surface area contributed by atoms with Gasteiger partial charge in [-0.3, -0.25) is 9.69 Å². The number of carbonyl (C=O) groups is 1. The predicted octanol–water partition coefficient (Wildman–Crippen LogP) is 4.54. The van der Waals surface area contributed by atoms with E-state index in [1.54, 1.807) is 18.4 Å². The summed E-state index contributed by atoms with van der Waals surface area (Å²) in [5, 5.41) is 6.23. The van der Waals surface area contributed by atoms with E-state index in [9.17, 15) is 4.79 Å². The predicted molar refractivity (Wildman–Crippen MR) is 120 cm³/mol. The average Bonchev–Trinajstić information content (AvgIpc) is 3.33. The van der Waals surface area contributed by atoms with Crippen molar-refractivity contribution in [2.24, 2.45) is 5.92 Å². The number of methoxy groups -OCH3 is 1. The summed E-state index contributed by atoms with van der Waals surface area (Å²) in [5.74, 6) is 1.17. The lowest BCUT2D eigenvalue weighted by atomic mass is 9.90. The summed E-state index contributed by atoms with van der Waals surface area (Å²) >= 11 is 1.61. The van der Waals surface area contributed by atoms with Crippen LogP contribution in [0.25, 0.3) is 0 Å². The van der Waals surface area contributed by atoms with Gasteiger partial charge in [-0.2, -0.15) is 0 Å². The lowest BCUT2D eigenvalue weighted by molar-refractivity contribution is 0.0877. The van der Waals surface area contributed by atoms with Gasteiger partial charge in [0, 0.05) is 30.2 Å². The number of rotatable bonds is 7. The van der Waals surface area contributed by atoms with Crippen LogP contribution in [0.1, 0.15) is 39.8 Å². The minimum absolute atomic E-state index is 0.0410. The standard InChI is InChI=1S/C24H27N3O2S/c1-29-21-11-5-7-18(15-21)16-27-13-6-10-20(17-27)22(24-25-12-14-30-24)26-23(28)19-8-3-2-4-9-19/h2-5,7-9,11-12,14-15,20,22H,6,10,13,16-17H2,1H3,(H,26,28)/t20-,22-/m1/s1. The van der Waals surface area contributed by atoms with Gasteiger partial charge < -0.3 is 10.1 Å². The number of ether oxygens (including phenoxy) is 1. The number of piperidine rings is 1. The lowest BCUT2D eigenvalue weighted by Crippen LogP contribution is -2.42. The van der Waals surface area contributed by atoms with E-state index in [0.717, 1.165) is 43.2 Å². The molecule has 1 amide bonds. The average molecular weight is 422 g/mol. The highest BCUT2D eigenvalue weighted by Crippen LogP contribution is 2.32. The Kier molecular flexibility index (Phi) is 6.77. The molecule has 4 rings (SSSR count). The van der Waals surface area contributed by atoms with E-state index in [1.807, 2.05) is 54.0 Å². The molecule has 5 nitrogen and oxygen atoms in total. The first kappa shape index (κ1) is 20.6. The van der Waals surface area contributed by atoms with Crippen molar-refractivity contribution in [1.82, 2.24) is 15.2 Å². The summed E-state index contributed by atoms with van der Waals surface area (Å²) in [7, 11) is 1.70. The maximum Gasteiger partial charge on any atom is 0.251 e. The second-order valence-electron chi connectivity index (χ2n) is 7.68. The summed E-state index contributed by atoms with van der Waals surface area (Å²) in [4.78, 5) is 19.9. The number of benzene rings is 2. The van der Waals surface area contributed by atoms with Gasteiger partial charge in [-0.15, -0.1) is 11.3 Å². The summed E-state index contributed by atoms with van der Waals surface area (Å²) in [5.41, 5.74) is 1.93. The van der Waals surface area contributed by atoms with E-state index in [0.29, 0.717) is 11.5 Å². The molecule has 1 saturated heterocycles. The van der Waals surface area contributed by atoms with Crippen molar-refractivity contribution in [2.45, 2.75) is 25.4 Å². The van der Waals surface area contributed by atoms with Gasteiger partial charge in [0.25, 0.3) is 5.91 Å². The molecule has 1 aliphatic heterocycles. The zero-order valence-corrected chi connectivity index (χ0v) is 18.0. The molecule has 1 aliphatic rings. The minimum atomic E-state index is -0.0779. The Morgan fingerprint density at radius 3 is 2.90 bits per heavy atom. The van der Waals surface area contributed by atoms with Gasteiger partial charge in [-0.1, -0.05) is 30.3 Å². The molecule has 0 radical (unpaired) electrons. The summed E-state index contributed by atoms with van der Waals surface area (Å²) in [6.45, 7) is 2.87. The number of hydrogen-bond donors (Lipinski definition) is 1. The Morgan fingerprint density at radius 1 is 1.27 bits per heavy atom. The van der Waals surface area contributed by atoms with Crippen LogP contribution in [0.4, 0.5) is 0 Å². The Morgan fingerprint density at radius 2 is 2.13 bits per heavy atom. The van der Waals surface area contributed by atoms with Gasteiger partial charge in [0.2, 0.25) is 0 Å². The third-order valence-corrected chi connectivity index (χ3v) is 6.45. The molecule has 6 heteroatoms. The van der Waals surface area contributed by atoms with E-state index in [4.69, 9.17) is 4.74 Å². The van der Waals surface area contributed by atoms with Gasteiger partial charge in [0.1, 0.15) is 10.8 Å². The summed E-state index contributed by atoms with van der Waals surface area (Å²) < 4.78 is 5.37. The topological polar surface area (TPSA) is 54.5 Å². The van der Waals surface area contributed by atoms with Gasteiger partial charge in [0.05, 0.1) is 13.2 Å². The Bertz CT molecular complexity index is 946. The summed E-state index contributed by atoms with van der Waals surface area (Å²) in [6, 6.07) is 17.6. The third-order valence-electron chi connectivity index (χ3n) is 5.59. The highest BCUT2D eigenvalue weighted by Gasteiger charge is 2.31. The number of hydrogen-bond acceptors (Lipinski definition) is 5. The number of nitrogens with one attached hydrogen (secondary N) is 1. The third kappa shape index (κ3) is 5.07. The number of amides is 1. The molecule has 1 fully saturated rings. The molecule has 3 aromatic rings. The second-order valence-corrected chi connectivity index (χ2v) is 8.60. The van der Waals surface area contributed by atoms with Crippen LogP contribution in [0.5, 0.6) is 5.75 Å². The van der Waals surface area contributed by atoms with Crippen LogP contribution in [0.2, 0.25) is 0 Å². The number of aromatic nitrogens is 1. The van der Waals surface area contributed by atoms with Gasteiger partial charge in [0.15, 0.2) is 0 Å². The van der Waals surface area contributed by atoms with E-state index >= 15 is 0 Å². The molecule has 1 aromatic heterocycles. The van der Waals surface area contributed by atoms with Crippen molar-refractivity contribution in [2.75, 3.05) is 20.2 Å².